The molecule has 3 aromatic rings. The maximum atomic E-state index is 14.5. The molecule has 1 fully saturated rings. The number of likely N-dealkylation sites (tertiary alicyclic amines) is 1. The van der Waals surface area contributed by atoms with Crippen LogP contribution < -0.4 is 16.0 Å². The molecule has 4 amide bonds. The topological polar surface area (TPSA) is 124 Å². The number of benzene rings is 2. The maximum Gasteiger partial charge on any atom is 0.244 e. The van der Waals surface area contributed by atoms with E-state index < -0.39 is 5.41 Å². The summed E-state index contributed by atoms with van der Waals surface area (Å²) in [5, 5.41) is 9.12. The molecule has 0 bridgehead atoms. The van der Waals surface area contributed by atoms with Crippen molar-refractivity contribution in [2.75, 3.05) is 37.3 Å². The Morgan fingerprint density at radius 3 is 2.31 bits per heavy atom. The number of hydrogen-bond donors (Lipinski definition) is 3. The van der Waals surface area contributed by atoms with Crippen LogP contribution in [0.25, 0.3) is 0 Å². The van der Waals surface area contributed by atoms with Crippen LogP contribution in [-0.2, 0) is 45.1 Å². The summed E-state index contributed by atoms with van der Waals surface area (Å²) in [6.45, 7) is 7.74. The minimum absolute atomic E-state index is 0.0493. The summed E-state index contributed by atoms with van der Waals surface area (Å²) in [6, 6.07) is 19.1. The van der Waals surface area contributed by atoms with Crippen LogP contribution in [0.3, 0.4) is 0 Å². The van der Waals surface area contributed by atoms with Gasteiger partial charge in [-0.2, -0.15) is 0 Å². The van der Waals surface area contributed by atoms with E-state index in [4.69, 9.17) is 0 Å². The van der Waals surface area contributed by atoms with Crippen LogP contribution in [0.5, 0.6) is 0 Å². The second-order valence-corrected chi connectivity index (χ2v) is 13.4. The molecular formula is C38H48N6O4. The fourth-order valence-electron chi connectivity index (χ4n) is 6.97. The second kappa shape index (κ2) is 15.6. The lowest BCUT2D eigenvalue weighted by Crippen LogP contribution is -2.52. The average molecular weight is 653 g/mol. The summed E-state index contributed by atoms with van der Waals surface area (Å²) in [5.74, 6) is -0.0778. The van der Waals surface area contributed by atoms with Gasteiger partial charge in [0, 0.05) is 49.9 Å². The number of carbonyl (C=O) groups excluding carboxylic acids is 4. The number of hydrogen-bond acceptors (Lipinski definition) is 6. The zero-order valence-electron chi connectivity index (χ0n) is 28.6. The molecule has 10 nitrogen and oxygen atoms in total. The molecular weight excluding hydrogens is 604 g/mol. The molecule has 2 heterocycles. The van der Waals surface area contributed by atoms with Gasteiger partial charge in [-0.3, -0.25) is 19.2 Å². The fraction of sp³-hybridized carbons (Fsp3) is 0.447. The molecule has 5 rings (SSSR count). The molecule has 10 heteroatoms. The molecule has 1 saturated heterocycles. The Balaban J connectivity index is 1.30. The smallest absolute Gasteiger partial charge is 0.244 e. The van der Waals surface area contributed by atoms with Gasteiger partial charge in [0.25, 0.3) is 0 Å². The number of anilines is 2. The lowest BCUT2D eigenvalue weighted by Gasteiger charge is -2.43. The van der Waals surface area contributed by atoms with Crippen molar-refractivity contribution < 1.29 is 19.2 Å². The van der Waals surface area contributed by atoms with E-state index in [-0.39, 0.29) is 42.0 Å². The first-order valence-corrected chi connectivity index (χ1v) is 17.1. The quantitative estimate of drug-likeness (QED) is 0.259. The first kappa shape index (κ1) is 34.8. The van der Waals surface area contributed by atoms with E-state index in [1.54, 1.807) is 23.2 Å². The summed E-state index contributed by atoms with van der Waals surface area (Å²) in [7, 11) is 1.89. The van der Waals surface area contributed by atoms with Gasteiger partial charge in [-0.05, 0) is 85.7 Å². The van der Waals surface area contributed by atoms with Gasteiger partial charge < -0.3 is 25.8 Å². The molecule has 254 valence electrons. The third-order valence-electron chi connectivity index (χ3n) is 9.83. The molecule has 2 aliphatic rings. The lowest BCUT2D eigenvalue weighted by atomic mass is 9.74. The fourth-order valence-corrected chi connectivity index (χ4v) is 6.97. The molecule has 0 radical (unpaired) electrons. The Bertz CT molecular complexity index is 1620. The molecule has 48 heavy (non-hydrogen) atoms. The highest BCUT2D eigenvalue weighted by atomic mass is 16.2. The number of fused-ring (bicyclic) bond motifs is 1. The number of carbonyl (C=O) groups is 4. The van der Waals surface area contributed by atoms with Crippen molar-refractivity contribution in [1.29, 1.82) is 0 Å². The van der Waals surface area contributed by atoms with Crippen LogP contribution in [0, 0.1) is 17.3 Å². The minimum Gasteiger partial charge on any atom is -0.342 e. The molecule has 0 saturated carbocycles. The molecule has 2 aromatic carbocycles. The van der Waals surface area contributed by atoms with E-state index in [2.05, 4.69) is 20.9 Å². The SMILES string of the molecule is CCC1(C(=O)N(CC(=O)Nc2ccc3c(c2)C[C@H](C(=O)Nc2ccccn2)C3)Cc2ccccc2CNC)CCN(C(=O)C(C)C)CC1. The van der Waals surface area contributed by atoms with Crippen LogP contribution >= 0.6 is 0 Å². The van der Waals surface area contributed by atoms with Gasteiger partial charge in [0.2, 0.25) is 23.6 Å². The van der Waals surface area contributed by atoms with Gasteiger partial charge in [0.1, 0.15) is 12.4 Å². The van der Waals surface area contributed by atoms with Crippen LogP contribution in [-0.4, -0.2) is 65.1 Å². The number of piperidine rings is 1. The van der Waals surface area contributed by atoms with Crippen molar-refractivity contribution in [2.45, 2.75) is 66.0 Å². The molecule has 1 atom stereocenters. The van der Waals surface area contributed by atoms with E-state index in [0.717, 1.165) is 22.3 Å². The average Bonchev–Trinajstić information content (AvgIpc) is 3.52. The van der Waals surface area contributed by atoms with E-state index in [1.165, 1.54) is 0 Å². The third-order valence-corrected chi connectivity index (χ3v) is 9.83. The summed E-state index contributed by atoms with van der Waals surface area (Å²) < 4.78 is 0. The standard InChI is InChI=1S/C38H48N6O4/c1-5-38(15-18-43(19-16-38)36(47)26(2)3)37(48)44(24-29-11-7-6-10-28(29)23-39-4)25-34(45)41-32-14-13-27-20-31(21-30(27)22-32)35(46)42-33-12-8-9-17-40-33/h6-14,17,22,26,31,39H,5,15-16,18-21,23-25H2,1-4H3,(H,41,45)(H,40,42,46)/t31-/m1/s1. The summed E-state index contributed by atoms with van der Waals surface area (Å²) in [4.78, 5) is 61.5. The number of pyridine rings is 1. The second-order valence-electron chi connectivity index (χ2n) is 13.4. The van der Waals surface area contributed by atoms with Crippen molar-refractivity contribution in [3.05, 3.63) is 89.1 Å². The first-order valence-electron chi connectivity index (χ1n) is 17.1. The first-order chi connectivity index (χ1) is 23.1. The maximum absolute atomic E-state index is 14.5. The van der Waals surface area contributed by atoms with Gasteiger partial charge >= 0.3 is 0 Å². The van der Waals surface area contributed by atoms with Crippen molar-refractivity contribution in [3.63, 3.8) is 0 Å². The molecule has 0 unspecified atom stereocenters. The van der Waals surface area contributed by atoms with Crippen LogP contribution in [0.1, 0.15) is 62.3 Å². The highest BCUT2D eigenvalue weighted by Crippen LogP contribution is 2.38. The van der Waals surface area contributed by atoms with Crippen LogP contribution in [0.15, 0.2) is 66.9 Å². The van der Waals surface area contributed by atoms with E-state index >= 15 is 0 Å². The monoisotopic (exact) mass is 652 g/mol. The van der Waals surface area contributed by atoms with Gasteiger partial charge in [-0.25, -0.2) is 4.98 Å². The third kappa shape index (κ3) is 8.10. The summed E-state index contributed by atoms with van der Waals surface area (Å²) in [6.07, 6.45) is 4.60. The molecule has 1 aliphatic heterocycles. The Morgan fingerprint density at radius 2 is 1.65 bits per heavy atom. The minimum atomic E-state index is -0.648. The number of nitrogens with one attached hydrogen (secondary N) is 3. The number of amides is 4. The molecule has 1 aliphatic carbocycles. The zero-order valence-corrected chi connectivity index (χ0v) is 28.6. The van der Waals surface area contributed by atoms with Crippen molar-refractivity contribution in [2.24, 2.45) is 17.3 Å². The number of aromatic nitrogens is 1. The highest BCUT2D eigenvalue weighted by Gasteiger charge is 2.43. The normalized spacial score (nSPS) is 16.7. The Morgan fingerprint density at radius 1 is 0.938 bits per heavy atom. The highest BCUT2D eigenvalue weighted by molar-refractivity contribution is 5.96. The Hall–Kier alpha value is -4.57. The predicted octanol–water partition coefficient (Wildman–Crippen LogP) is 4.80. The lowest BCUT2D eigenvalue weighted by molar-refractivity contribution is -0.151. The van der Waals surface area contributed by atoms with Crippen molar-refractivity contribution >= 4 is 35.1 Å². The summed E-state index contributed by atoms with van der Waals surface area (Å²) >= 11 is 0. The Kier molecular flexibility index (Phi) is 11.3. The van der Waals surface area contributed by atoms with Gasteiger partial charge in [0.05, 0.1) is 5.41 Å². The number of rotatable bonds is 12. The van der Waals surface area contributed by atoms with E-state index in [9.17, 15) is 19.2 Å². The van der Waals surface area contributed by atoms with Gasteiger partial charge in [-0.1, -0.05) is 57.2 Å². The summed E-state index contributed by atoms with van der Waals surface area (Å²) in [5.41, 5.74) is 4.15. The van der Waals surface area contributed by atoms with Crippen LogP contribution in [0.2, 0.25) is 0 Å². The van der Waals surface area contributed by atoms with Gasteiger partial charge in [0.15, 0.2) is 0 Å². The van der Waals surface area contributed by atoms with E-state index in [0.29, 0.717) is 69.8 Å². The molecule has 3 N–H and O–H groups in total. The van der Waals surface area contributed by atoms with Crippen molar-refractivity contribution in [3.8, 4) is 0 Å². The largest absolute Gasteiger partial charge is 0.342 e. The Labute approximate surface area is 283 Å². The molecule has 1 aromatic heterocycles. The van der Waals surface area contributed by atoms with E-state index in [1.807, 2.05) is 81.2 Å². The zero-order chi connectivity index (χ0) is 34.3. The van der Waals surface area contributed by atoms with Crippen molar-refractivity contribution in [1.82, 2.24) is 20.1 Å². The number of nitrogens with zero attached hydrogens (tertiary/aromatic N) is 3. The predicted molar refractivity (Wildman–Crippen MR) is 187 cm³/mol. The van der Waals surface area contributed by atoms with Gasteiger partial charge in [-0.15, -0.1) is 0 Å². The van der Waals surface area contributed by atoms with Crippen LogP contribution in [0.4, 0.5) is 11.5 Å². The molecule has 0 spiro atoms.